The van der Waals surface area contributed by atoms with Gasteiger partial charge in [0.2, 0.25) is 5.91 Å². The van der Waals surface area contributed by atoms with Gasteiger partial charge in [-0.2, -0.15) is 0 Å². The summed E-state index contributed by atoms with van der Waals surface area (Å²) in [4.78, 5) is 19.1. The fourth-order valence-corrected chi connectivity index (χ4v) is 3.07. The highest BCUT2D eigenvalue weighted by Gasteiger charge is 2.23. The minimum atomic E-state index is 0.277. The highest BCUT2D eigenvalue weighted by Crippen LogP contribution is 2.09. The summed E-state index contributed by atoms with van der Waals surface area (Å²) >= 11 is 0. The Balaban J connectivity index is 1.72. The lowest BCUT2D eigenvalue weighted by molar-refractivity contribution is -0.132. The van der Waals surface area contributed by atoms with Crippen molar-refractivity contribution in [1.82, 2.24) is 14.7 Å². The van der Waals surface area contributed by atoms with Crippen LogP contribution in [0.4, 0.5) is 0 Å². The number of carbonyl (C=O) groups is 1. The van der Waals surface area contributed by atoms with Gasteiger partial charge in [-0.3, -0.25) is 14.6 Å². The van der Waals surface area contributed by atoms with Crippen molar-refractivity contribution in [2.75, 3.05) is 66.1 Å². The Morgan fingerprint density at radius 1 is 1.10 bits per heavy atom. The van der Waals surface area contributed by atoms with Gasteiger partial charge >= 0.3 is 0 Å². The van der Waals surface area contributed by atoms with Gasteiger partial charge in [-0.1, -0.05) is 0 Å². The summed E-state index contributed by atoms with van der Waals surface area (Å²) in [7, 11) is 1.73. The molecule has 0 aromatic carbocycles. The molecule has 2 N–H and O–H groups in total. The van der Waals surface area contributed by atoms with Crippen LogP contribution in [0.3, 0.4) is 0 Å². The van der Waals surface area contributed by atoms with Crippen molar-refractivity contribution in [3.8, 4) is 0 Å². The van der Waals surface area contributed by atoms with Gasteiger partial charge in [-0.05, 0) is 25.8 Å². The third-order valence-corrected chi connectivity index (χ3v) is 4.54. The lowest BCUT2D eigenvalue weighted by Gasteiger charge is -2.31. The van der Waals surface area contributed by atoms with Gasteiger partial charge in [-0.15, -0.1) is 0 Å². The first-order valence-corrected chi connectivity index (χ1v) is 8.16. The zero-order chi connectivity index (χ0) is 15.1. The van der Waals surface area contributed by atoms with Crippen LogP contribution in [0.5, 0.6) is 0 Å². The van der Waals surface area contributed by atoms with E-state index >= 15 is 0 Å². The van der Waals surface area contributed by atoms with Gasteiger partial charge in [0.15, 0.2) is 0 Å². The Labute approximate surface area is 128 Å². The number of ether oxygens (including phenoxy) is 1. The molecule has 2 fully saturated rings. The molecule has 122 valence electrons. The van der Waals surface area contributed by atoms with Crippen molar-refractivity contribution in [3.63, 3.8) is 0 Å². The molecule has 6 heteroatoms. The van der Waals surface area contributed by atoms with Gasteiger partial charge in [0.25, 0.3) is 0 Å². The monoisotopic (exact) mass is 298 g/mol. The fraction of sp³-hybridized carbons (Fsp3) is 0.933. The second kappa shape index (κ2) is 8.68. The Morgan fingerprint density at radius 2 is 1.86 bits per heavy atom. The van der Waals surface area contributed by atoms with Crippen LogP contribution in [0.2, 0.25) is 0 Å². The quantitative estimate of drug-likeness (QED) is 0.748. The van der Waals surface area contributed by atoms with Crippen LogP contribution in [-0.4, -0.2) is 92.7 Å². The van der Waals surface area contributed by atoms with Crippen molar-refractivity contribution in [2.24, 2.45) is 5.73 Å². The molecule has 0 atom stereocenters. The van der Waals surface area contributed by atoms with Crippen LogP contribution in [0.15, 0.2) is 0 Å². The average molecular weight is 298 g/mol. The molecule has 0 spiro atoms. The Bertz CT molecular complexity index is 319. The molecule has 0 bridgehead atoms. The van der Waals surface area contributed by atoms with Crippen LogP contribution in [0.1, 0.15) is 19.3 Å². The second-order valence-corrected chi connectivity index (χ2v) is 6.18. The van der Waals surface area contributed by atoms with Gasteiger partial charge in [0, 0.05) is 52.4 Å². The van der Waals surface area contributed by atoms with Crippen LogP contribution < -0.4 is 5.73 Å². The number of hydrogen-bond donors (Lipinski definition) is 1. The molecule has 1 amide bonds. The van der Waals surface area contributed by atoms with E-state index < -0.39 is 0 Å². The maximum absolute atomic E-state index is 12.4. The smallest absolute Gasteiger partial charge is 0.236 e. The van der Waals surface area contributed by atoms with E-state index in [1.807, 2.05) is 4.90 Å². The molecule has 0 aliphatic carbocycles. The first-order valence-electron chi connectivity index (χ1n) is 8.16. The molecule has 0 radical (unpaired) electrons. The molecule has 2 aliphatic heterocycles. The number of nitrogens with zero attached hydrogens (tertiary/aromatic N) is 3. The second-order valence-electron chi connectivity index (χ2n) is 6.18. The number of likely N-dealkylation sites (tertiary alicyclic amines) is 1. The minimum absolute atomic E-state index is 0.277. The SMILES string of the molecule is COCCN1CCCN(C(=O)CN2CCC(N)CC2)CC1. The molecular formula is C15H30N4O2. The largest absolute Gasteiger partial charge is 0.383 e. The van der Waals surface area contributed by atoms with E-state index in [0.29, 0.717) is 12.6 Å². The predicted molar refractivity (Wildman–Crippen MR) is 83.2 cm³/mol. The summed E-state index contributed by atoms with van der Waals surface area (Å²) in [5.74, 6) is 0.277. The molecule has 2 heterocycles. The molecule has 0 saturated carbocycles. The predicted octanol–water partition coefficient (Wildman–Crippen LogP) is -0.410. The Kier molecular flexibility index (Phi) is 6.89. The number of amides is 1. The van der Waals surface area contributed by atoms with Gasteiger partial charge in [0.1, 0.15) is 0 Å². The third kappa shape index (κ3) is 5.54. The molecule has 6 nitrogen and oxygen atoms in total. The molecule has 0 aromatic rings. The number of piperidine rings is 1. The zero-order valence-corrected chi connectivity index (χ0v) is 13.3. The first kappa shape index (κ1) is 16.7. The van der Waals surface area contributed by atoms with E-state index in [4.69, 9.17) is 10.5 Å². The maximum Gasteiger partial charge on any atom is 0.236 e. The summed E-state index contributed by atoms with van der Waals surface area (Å²) in [6.45, 7) is 7.95. The van der Waals surface area contributed by atoms with E-state index in [2.05, 4.69) is 9.80 Å². The minimum Gasteiger partial charge on any atom is -0.383 e. The summed E-state index contributed by atoms with van der Waals surface area (Å²) in [5, 5.41) is 0. The van der Waals surface area contributed by atoms with E-state index in [1.54, 1.807) is 7.11 Å². The molecule has 2 saturated heterocycles. The summed E-state index contributed by atoms with van der Waals surface area (Å²) in [6.07, 6.45) is 3.08. The van der Waals surface area contributed by atoms with E-state index in [1.165, 1.54) is 0 Å². The van der Waals surface area contributed by atoms with Gasteiger partial charge in [0.05, 0.1) is 13.2 Å². The fourth-order valence-electron chi connectivity index (χ4n) is 3.07. The third-order valence-electron chi connectivity index (χ3n) is 4.54. The van der Waals surface area contributed by atoms with Crippen LogP contribution >= 0.6 is 0 Å². The number of carbonyl (C=O) groups excluding carboxylic acids is 1. The van der Waals surface area contributed by atoms with Crippen LogP contribution in [-0.2, 0) is 9.53 Å². The number of nitrogens with two attached hydrogens (primary N) is 1. The average Bonchev–Trinajstić information content (AvgIpc) is 2.73. The standard InChI is InChI=1S/C15H30N4O2/c1-21-12-11-17-5-2-6-19(10-9-17)15(20)13-18-7-3-14(16)4-8-18/h14H,2-13,16H2,1H3. The molecule has 0 aromatic heterocycles. The number of rotatable bonds is 5. The van der Waals surface area contributed by atoms with E-state index in [-0.39, 0.29) is 5.91 Å². The topological polar surface area (TPSA) is 62.0 Å². The van der Waals surface area contributed by atoms with Crippen molar-refractivity contribution >= 4 is 5.91 Å². The normalized spacial score (nSPS) is 23.2. The van der Waals surface area contributed by atoms with Crippen molar-refractivity contribution < 1.29 is 9.53 Å². The zero-order valence-electron chi connectivity index (χ0n) is 13.3. The highest BCUT2D eigenvalue weighted by atomic mass is 16.5. The Morgan fingerprint density at radius 3 is 2.57 bits per heavy atom. The number of methoxy groups -OCH3 is 1. The lowest BCUT2D eigenvalue weighted by atomic mass is 10.1. The van der Waals surface area contributed by atoms with Crippen molar-refractivity contribution in [3.05, 3.63) is 0 Å². The van der Waals surface area contributed by atoms with Crippen molar-refractivity contribution in [2.45, 2.75) is 25.3 Å². The van der Waals surface area contributed by atoms with Gasteiger partial charge in [-0.25, -0.2) is 0 Å². The Hall–Kier alpha value is -0.690. The first-order chi connectivity index (χ1) is 10.2. The number of hydrogen-bond acceptors (Lipinski definition) is 5. The molecule has 2 aliphatic rings. The summed E-state index contributed by atoms with van der Waals surface area (Å²) in [6, 6.07) is 0.323. The molecule has 0 unspecified atom stereocenters. The van der Waals surface area contributed by atoms with E-state index in [9.17, 15) is 4.79 Å². The summed E-state index contributed by atoms with van der Waals surface area (Å²) in [5.41, 5.74) is 5.91. The lowest BCUT2D eigenvalue weighted by Crippen LogP contribution is -2.46. The van der Waals surface area contributed by atoms with E-state index in [0.717, 1.165) is 71.7 Å². The molecular weight excluding hydrogens is 268 g/mol. The van der Waals surface area contributed by atoms with Gasteiger partial charge < -0.3 is 15.4 Å². The van der Waals surface area contributed by atoms with Crippen LogP contribution in [0.25, 0.3) is 0 Å². The van der Waals surface area contributed by atoms with Crippen molar-refractivity contribution in [1.29, 1.82) is 0 Å². The maximum atomic E-state index is 12.4. The molecule has 2 rings (SSSR count). The van der Waals surface area contributed by atoms with Crippen LogP contribution in [0, 0.1) is 0 Å². The molecule has 21 heavy (non-hydrogen) atoms. The summed E-state index contributed by atoms with van der Waals surface area (Å²) < 4.78 is 5.13. The highest BCUT2D eigenvalue weighted by molar-refractivity contribution is 5.78.